The van der Waals surface area contributed by atoms with E-state index in [0.29, 0.717) is 26.1 Å². The van der Waals surface area contributed by atoms with Gasteiger partial charge in [0.1, 0.15) is 0 Å². The van der Waals surface area contributed by atoms with Crippen LogP contribution in [-0.4, -0.2) is 19.1 Å². The number of nitrogens with two attached hydrogens (primary N) is 1. The molecule has 1 rings (SSSR count). The summed E-state index contributed by atoms with van der Waals surface area (Å²) in [5, 5.41) is 2.85. The van der Waals surface area contributed by atoms with E-state index in [1.54, 1.807) is 0 Å². The highest BCUT2D eigenvalue weighted by Crippen LogP contribution is 2.08. The van der Waals surface area contributed by atoms with Crippen LogP contribution in [0.25, 0.3) is 0 Å². The Kier molecular flexibility index (Phi) is 6.58. The molecule has 98 valence electrons. The molecule has 0 unspecified atom stereocenters. The van der Waals surface area contributed by atoms with Gasteiger partial charge in [-0.2, -0.15) is 0 Å². The normalized spacial score (nSPS) is 9.83. The molecule has 4 nitrogen and oxygen atoms in total. The largest absolute Gasteiger partial charge is 0.502 e. The van der Waals surface area contributed by atoms with Gasteiger partial charge in [-0.1, -0.05) is 30.8 Å². The van der Waals surface area contributed by atoms with Gasteiger partial charge in [0, 0.05) is 13.1 Å². The fourth-order valence-electron chi connectivity index (χ4n) is 1.63. The van der Waals surface area contributed by atoms with E-state index >= 15 is 0 Å². The number of ether oxygens (including phenoxy) is 1. The number of hydrogen-bond acceptors (Lipinski definition) is 3. The van der Waals surface area contributed by atoms with Gasteiger partial charge in [0.2, 0.25) is 5.91 Å². The van der Waals surface area contributed by atoms with E-state index in [0.717, 1.165) is 17.5 Å². The van der Waals surface area contributed by atoms with Gasteiger partial charge in [-0.25, -0.2) is 0 Å². The standard InChI is InChI=1S/C14H20N2O2/c1-2-18-9-5-8-16-14(17)10-12-6-3-4-7-13(12)11-15/h2-4,6-7H,1,5,8-11,15H2,(H,16,17). The van der Waals surface area contributed by atoms with Gasteiger partial charge < -0.3 is 15.8 Å². The van der Waals surface area contributed by atoms with Crippen LogP contribution >= 0.6 is 0 Å². The van der Waals surface area contributed by atoms with Crippen LogP contribution in [0.4, 0.5) is 0 Å². The van der Waals surface area contributed by atoms with E-state index in [9.17, 15) is 4.79 Å². The van der Waals surface area contributed by atoms with Gasteiger partial charge in [-0.05, 0) is 17.5 Å². The summed E-state index contributed by atoms with van der Waals surface area (Å²) in [6.45, 7) is 5.08. The van der Waals surface area contributed by atoms with Crippen molar-refractivity contribution in [2.24, 2.45) is 5.73 Å². The molecule has 0 radical (unpaired) electrons. The molecule has 3 N–H and O–H groups in total. The summed E-state index contributed by atoms with van der Waals surface area (Å²) in [7, 11) is 0. The lowest BCUT2D eigenvalue weighted by Crippen LogP contribution is -2.27. The lowest BCUT2D eigenvalue weighted by molar-refractivity contribution is -0.120. The minimum Gasteiger partial charge on any atom is -0.502 e. The lowest BCUT2D eigenvalue weighted by Gasteiger charge is -2.08. The average molecular weight is 248 g/mol. The molecular weight excluding hydrogens is 228 g/mol. The second kappa shape index (κ2) is 8.31. The van der Waals surface area contributed by atoms with Crippen molar-refractivity contribution in [3.63, 3.8) is 0 Å². The number of carbonyl (C=O) groups excluding carboxylic acids is 1. The minimum absolute atomic E-state index is 0.00880. The topological polar surface area (TPSA) is 64.3 Å². The van der Waals surface area contributed by atoms with Gasteiger partial charge in [0.15, 0.2) is 0 Å². The number of carbonyl (C=O) groups is 1. The minimum atomic E-state index is 0.00880. The zero-order chi connectivity index (χ0) is 13.2. The molecule has 1 aromatic rings. The number of amides is 1. The SMILES string of the molecule is C=COCCCNC(=O)Cc1ccccc1CN. The third-order valence-electron chi connectivity index (χ3n) is 2.57. The van der Waals surface area contributed by atoms with Crippen LogP contribution in [0.2, 0.25) is 0 Å². The van der Waals surface area contributed by atoms with E-state index in [-0.39, 0.29) is 5.91 Å². The number of nitrogens with one attached hydrogen (secondary N) is 1. The van der Waals surface area contributed by atoms with E-state index in [4.69, 9.17) is 10.5 Å². The summed E-state index contributed by atoms with van der Waals surface area (Å²) in [5.74, 6) is 0.00880. The first-order chi connectivity index (χ1) is 8.77. The van der Waals surface area contributed by atoms with E-state index in [1.165, 1.54) is 6.26 Å². The van der Waals surface area contributed by atoms with E-state index in [2.05, 4.69) is 11.9 Å². The van der Waals surface area contributed by atoms with E-state index < -0.39 is 0 Å². The van der Waals surface area contributed by atoms with Crippen molar-refractivity contribution >= 4 is 5.91 Å². The van der Waals surface area contributed by atoms with Crippen molar-refractivity contribution in [1.82, 2.24) is 5.32 Å². The molecule has 0 atom stereocenters. The van der Waals surface area contributed by atoms with Crippen molar-refractivity contribution in [3.8, 4) is 0 Å². The van der Waals surface area contributed by atoms with Crippen molar-refractivity contribution in [3.05, 3.63) is 48.2 Å². The Balaban J connectivity index is 2.33. The van der Waals surface area contributed by atoms with E-state index in [1.807, 2.05) is 24.3 Å². The van der Waals surface area contributed by atoms with Crippen LogP contribution in [0, 0.1) is 0 Å². The third-order valence-corrected chi connectivity index (χ3v) is 2.57. The average Bonchev–Trinajstić information content (AvgIpc) is 2.39. The van der Waals surface area contributed by atoms with Gasteiger partial charge in [-0.3, -0.25) is 4.79 Å². The van der Waals surface area contributed by atoms with Crippen LogP contribution in [0.5, 0.6) is 0 Å². The van der Waals surface area contributed by atoms with Crippen molar-refractivity contribution in [2.45, 2.75) is 19.4 Å². The number of rotatable bonds is 8. The first kappa shape index (κ1) is 14.3. The fraction of sp³-hybridized carbons (Fsp3) is 0.357. The van der Waals surface area contributed by atoms with Gasteiger partial charge in [-0.15, -0.1) is 0 Å². The molecule has 0 heterocycles. The molecule has 0 aliphatic carbocycles. The summed E-state index contributed by atoms with van der Waals surface area (Å²) in [6.07, 6.45) is 2.55. The Morgan fingerprint density at radius 1 is 1.39 bits per heavy atom. The highest BCUT2D eigenvalue weighted by atomic mass is 16.5. The van der Waals surface area contributed by atoms with Crippen molar-refractivity contribution < 1.29 is 9.53 Å². The Morgan fingerprint density at radius 3 is 2.78 bits per heavy atom. The molecule has 1 aromatic carbocycles. The summed E-state index contributed by atoms with van der Waals surface area (Å²) in [6, 6.07) is 7.72. The Hall–Kier alpha value is -1.81. The Bertz CT molecular complexity index is 391. The monoisotopic (exact) mass is 248 g/mol. The van der Waals surface area contributed by atoms with Crippen LogP contribution in [-0.2, 0) is 22.5 Å². The third kappa shape index (κ3) is 5.01. The highest BCUT2D eigenvalue weighted by molar-refractivity contribution is 5.78. The van der Waals surface area contributed by atoms with Gasteiger partial charge in [0.25, 0.3) is 0 Å². The summed E-state index contributed by atoms with van der Waals surface area (Å²) >= 11 is 0. The predicted molar refractivity (Wildman–Crippen MR) is 71.8 cm³/mol. The highest BCUT2D eigenvalue weighted by Gasteiger charge is 2.05. The quantitative estimate of drug-likeness (QED) is 0.539. The second-order valence-electron chi connectivity index (χ2n) is 3.89. The first-order valence-corrected chi connectivity index (χ1v) is 6.04. The molecule has 0 aromatic heterocycles. The second-order valence-corrected chi connectivity index (χ2v) is 3.89. The molecule has 0 saturated heterocycles. The van der Waals surface area contributed by atoms with Crippen molar-refractivity contribution in [1.29, 1.82) is 0 Å². The summed E-state index contributed by atoms with van der Waals surface area (Å²) in [5.41, 5.74) is 7.63. The summed E-state index contributed by atoms with van der Waals surface area (Å²) in [4.78, 5) is 11.7. The smallest absolute Gasteiger partial charge is 0.224 e. The number of hydrogen-bond donors (Lipinski definition) is 2. The van der Waals surface area contributed by atoms with Crippen molar-refractivity contribution in [2.75, 3.05) is 13.2 Å². The zero-order valence-electron chi connectivity index (χ0n) is 10.5. The maximum absolute atomic E-state index is 11.7. The zero-order valence-corrected chi connectivity index (χ0v) is 10.5. The van der Waals surface area contributed by atoms with Crippen LogP contribution in [0.3, 0.4) is 0 Å². The molecule has 18 heavy (non-hydrogen) atoms. The fourth-order valence-corrected chi connectivity index (χ4v) is 1.63. The Morgan fingerprint density at radius 2 is 2.11 bits per heavy atom. The molecule has 4 heteroatoms. The maximum atomic E-state index is 11.7. The van der Waals surface area contributed by atoms with Crippen LogP contribution in [0.15, 0.2) is 37.1 Å². The molecular formula is C14H20N2O2. The summed E-state index contributed by atoms with van der Waals surface area (Å²) < 4.78 is 4.97. The lowest BCUT2D eigenvalue weighted by atomic mass is 10.0. The van der Waals surface area contributed by atoms with Gasteiger partial charge in [0.05, 0.1) is 19.3 Å². The first-order valence-electron chi connectivity index (χ1n) is 6.04. The predicted octanol–water partition coefficient (Wildman–Crippen LogP) is 1.35. The van der Waals surface area contributed by atoms with Crippen LogP contribution in [0.1, 0.15) is 17.5 Å². The molecule has 0 spiro atoms. The number of benzene rings is 1. The maximum Gasteiger partial charge on any atom is 0.224 e. The molecule has 0 aliphatic rings. The van der Waals surface area contributed by atoms with Gasteiger partial charge >= 0.3 is 0 Å². The molecule has 0 aliphatic heterocycles. The Labute approximate surface area is 108 Å². The van der Waals surface area contributed by atoms with Crippen LogP contribution < -0.4 is 11.1 Å². The molecule has 0 saturated carbocycles. The molecule has 0 fully saturated rings. The molecule has 0 bridgehead atoms. The molecule has 1 amide bonds.